The lowest BCUT2D eigenvalue weighted by atomic mass is 9.91. The third kappa shape index (κ3) is 4.37. The zero-order valence-corrected chi connectivity index (χ0v) is 15.7. The molecule has 1 aliphatic rings. The van der Waals surface area contributed by atoms with E-state index in [0.717, 1.165) is 5.92 Å². The lowest BCUT2D eigenvalue weighted by Gasteiger charge is -2.32. The summed E-state index contributed by atoms with van der Waals surface area (Å²) in [6.45, 7) is 3.83. The van der Waals surface area contributed by atoms with Gasteiger partial charge in [-0.25, -0.2) is 0 Å². The Bertz CT molecular complexity index is 805. The molecule has 0 spiro atoms. The molecule has 0 amide bonds. The van der Waals surface area contributed by atoms with Crippen LogP contribution in [-0.2, 0) is 12.8 Å². The Morgan fingerprint density at radius 2 is 1.81 bits per heavy atom. The summed E-state index contributed by atoms with van der Waals surface area (Å²) in [5.41, 5.74) is 4.24. The number of aromatic amines is 1. The highest BCUT2D eigenvalue weighted by atomic mass is 15.1. The smallest absolute Gasteiger partial charge is 0.0456 e. The molecule has 136 valence electrons. The summed E-state index contributed by atoms with van der Waals surface area (Å²) in [6, 6.07) is 19.6. The maximum atomic E-state index is 3.40. The van der Waals surface area contributed by atoms with Gasteiger partial charge in [0.2, 0.25) is 0 Å². The van der Waals surface area contributed by atoms with Gasteiger partial charge in [0.05, 0.1) is 0 Å². The molecule has 0 radical (unpaired) electrons. The molecule has 1 unspecified atom stereocenters. The van der Waals surface area contributed by atoms with E-state index >= 15 is 0 Å². The Balaban J connectivity index is 1.22. The number of piperidine rings is 1. The maximum absolute atomic E-state index is 3.40. The van der Waals surface area contributed by atoms with Gasteiger partial charge in [0.25, 0.3) is 0 Å². The van der Waals surface area contributed by atoms with Crippen LogP contribution in [0.3, 0.4) is 0 Å². The average molecular weight is 347 g/mol. The van der Waals surface area contributed by atoms with E-state index in [-0.39, 0.29) is 0 Å². The van der Waals surface area contributed by atoms with Crippen LogP contribution in [0.5, 0.6) is 0 Å². The molecule has 0 saturated carbocycles. The SMILES string of the molecule is c1ccc(CC2CCCN(CCCCc3c[nH]c4ccccc34)C2)cc1. The van der Waals surface area contributed by atoms with E-state index in [0.29, 0.717) is 0 Å². The molecule has 0 aliphatic carbocycles. The van der Waals surface area contributed by atoms with Gasteiger partial charge in [-0.15, -0.1) is 0 Å². The first-order valence-electron chi connectivity index (χ1n) is 10.2. The lowest BCUT2D eigenvalue weighted by molar-refractivity contribution is 0.171. The molecule has 1 aromatic heterocycles. The number of nitrogens with one attached hydrogen (secondary N) is 1. The maximum Gasteiger partial charge on any atom is 0.0456 e. The van der Waals surface area contributed by atoms with Gasteiger partial charge in [0.1, 0.15) is 0 Å². The van der Waals surface area contributed by atoms with Crippen molar-refractivity contribution in [3.8, 4) is 0 Å². The largest absolute Gasteiger partial charge is 0.361 e. The number of nitrogens with zero attached hydrogens (tertiary/aromatic N) is 1. The molecule has 2 heterocycles. The van der Waals surface area contributed by atoms with Crippen molar-refractivity contribution in [1.82, 2.24) is 9.88 Å². The van der Waals surface area contributed by atoms with E-state index in [1.807, 2.05) is 0 Å². The van der Waals surface area contributed by atoms with Gasteiger partial charge in [-0.3, -0.25) is 0 Å². The van der Waals surface area contributed by atoms with Crippen molar-refractivity contribution in [2.75, 3.05) is 19.6 Å². The molecule has 2 heteroatoms. The fourth-order valence-corrected chi connectivity index (χ4v) is 4.46. The van der Waals surface area contributed by atoms with Crippen molar-refractivity contribution in [2.45, 2.75) is 38.5 Å². The number of hydrogen-bond donors (Lipinski definition) is 1. The Labute approximate surface area is 157 Å². The van der Waals surface area contributed by atoms with Crippen LogP contribution in [-0.4, -0.2) is 29.5 Å². The van der Waals surface area contributed by atoms with Crippen molar-refractivity contribution < 1.29 is 0 Å². The van der Waals surface area contributed by atoms with Crippen LogP contribution in [0.2, 0.25) is 0 Å². The van der Waals surface area contributed by atoms with Gasteiger partial charge < -0.3 is 9.88 Å². The van der Waals surface area contributed by atoms with E-state index in [1.165, 1.54) is 80.2 Å². The normalized spacial score (nSPS) is 18.4. The molecule has 2 aromatic carbocycles. The Hall–Kier alpha value is -2.06. The number of benzene rings is 2. The van der Waals surface area contributed by atoms with Crippen molar-refractivity contribution >= 4 is 10.9 Å². The van der Waals surface area contributed by atoms with Gasteiger partial charge in [-0.1, -0.05) is 48.5 Å². The van der Waals surface area contributed by atoms with Gasteiger partial charge in [-0.2, -0.15) is 0 Å². The van der Waals surface area contributed by atoms with Crippen LogP contribution in [0.4, 0.5) is 0 Å². The number of para-hydroxylation sites is 1. The summed E-state index contributed by atoms with van der Waals surface area (Å²) in [4.78, 5) is 6.10. The van der Waals surface area contributed by atoms with E-state index in [2.05, 4.69) is 70.7 Å². The highest BCUT2D eigenvalue weighted by Gasteiger charge is 2.19. The number of likely N-dealkylation sites (tertiary alicyclic amines) is 1. The van der Waals surface area contributed by atoms with E-state index in [1.54, 1.807) is 0 Å². The first-order chi connectivity index (χ1) is 12.9. The monoisotopic (exact) mass is 346 g/mol. The van der Waals surface area contributed by atoms with E-state index in [9.17, 15) is 0 Å². The first-order valence-corrected chi connectivity index (χ1v) is 10.2. The van der Waals surface area contributed by atoms with Crippen molar-refractivity contribution in [3.05, 3.63) is 71.9 Å². The van der Waals surface area contributed by atoms with Gasteiger partial charge in [0, 0.05) is 23.6 Å². The number of rotatable bonds is 7. The quantitative estimate of drug-likeness (QED) is 0.564. The van der Waals surface area contributed by atoms with Gasteiger partial charge >= 0.3 is 0 Å². The number of H-pyrrole nitrogens is 1. The van der Waals surface area contributed by atoms with Crippen LogP contribution in [0.25, 0.3) is 10.9 Å². The van der Waals surface area contributed by atoms with Crippen molar-refractivity contribution in [3.63, 3.8) is 0 Å². The third-order valence-corrected chi connectivity index (χ3v) is 5.82. The van der Waals surface area contributed by atoms with Crippen molar-refractivity contribution in [1.29, 1.82) is 0 Å². The molecule has 0 bridgehead atoms. The van der Waals surface area contributed by atoms with Crippen LogP contribution in [0, 0.1) is 5.92 Å². The van der Waals surface area contributed by atoms with E-state index < -0.39 is 0 Å². The highest BCUT2D eigenvalue weighted by molar-refractivity contribution is 5.82. The summed E-state index contributed by atoms with van der Waals surface area (Å²) in [5, 5.41) is 1.40. The molecule has 1 aliphatic heterocycles. The summed E-state index contributed by atoms with van der Waals surface area (Å²) < 4.78 is 0. The fraction of sp³-hybridized carbons (Fsp3) is 0.417. The van der Waals surface area contributed by atoms with E-state index in [4.69, 9.17) is 0 Å². The molecular formula is C24H30N2. The second kappa shape index (κ2) is 8.55. The minimum atomic E-state index is 0.833. The molecule has 4 rings (SSSR count). The predicted molar refractivity (Wildman–Crippen MR) is 111 cm³/mol. The minimum absolute atomic E-state index is 0.833. The standard InChI is InChI=1S/C24H30N2/c1-2-9-20(10-3-1)17-21-11-8-16-26(19-21)15-7-6-12-22-18-25-24-14-5-4-13-23(22)24/h1-5,9-10,13-14,18,21,25H,6-8,11-12,15-17,19H2. The summed E-state index contributed by atoms with van der Waals surface area (Å²) in [6.07, 6.45) is 9.96. The number of hydrogen-bond acceptors (Lipinski definition) is 1. The Morgan fingerprint density at radius 1 is 0.962 bits per heavy atom. The highest BCUT2D eigenvalue weighted by Crippen LogP contribution is 2.22. The molecule has 1 fully saturated rings. The molecule has 1 atom stereocenters. The second-order valence-corrected chi connectivity index (χ2v) is 7.82. The molecular weight excluding hydrogens is 316 g/mol. The number of aromatic nitrogens is 1. The summed E-state index contributed by atoms with van der Waals surface area (Å²) in [7, 11) is 0. The molecule has 1 saturated heterocycles. The predicted octanol–water partition coefficient (Wildman–Crippen LogP) is 5.45. The van der Waals surface area contributed by atoms with Crippen LogP contribution >= 0.6 is 0 Å². The van der Waals surface area contributed by atoms with Crippen LogP contribution in [0.15, 0.2) is 60.8 Å². The van der Waals surface area contributed by atoms with Crippen molar-refractivity contribution in [2.24, 2.45) is 5.92 Å². The van der Waals surface area contributed by atoms with Gasteiger partial charge in [0.15, 0.2) is 0 Å². The Morgan fingerprint density at radius 3 is 2.73 bits per heavy atom. The number of aryl methyl sites for hydroxylation is 1. The first kappa shape index (κ1) is 17.4. The fourth-order valence-electron chi connectivity index (χ4n) is 4.46. The summed E-state index contributed by atoms with van der Waals surface area (Å²) in [5.74, 6) is 0.833. The molecule has 2 nitrogen and oxygen atoms in total. The average Bonchev–Trinajstić information content (AvgIpc) is 3.10. The second-order valence-electron chi connectivity index (χ2n) is 7.82. The summed E-state index contributed by atoms with van der Waals surface area (Å²) >= 11 is 0. The number of unbranched alkanes of at least 4 members (excludes halogenated alkanes) is 1. The molecule has 26 heavy (non-hydrogen) atoms. The van der Waals surface area contributed by atoms with Crippen LogP contribution in [0.1, 0.15) is 36.8 Å². The lowest BCUT2D eigenvalue weighted by Crippen LogP contribution is -2.36. The minimum Gasteiger partial charge on any atom is -0.361 e. The molecule has 1 N–H and O–H groups in total. The zero-order valence-electron chi connectivity index (χ0n) is 15.7. The molecule has 3 aromatic rings. The Kier molecular flexibility index (Phi) is 5.71. The number of fused-ring (bicyclic) bond motifs is 1. The van der Waals surface area contributed by atoms with Crippen LogP contribution < -0.4 is 0 Å². The zero-order chi connectivity index (χ0) is 17.6. The third-order valence-electron chi connectivity index (χ3n) is 5.82. The van der Waals surface area contributed by atoms with Gasteiger partial charge in [-0.05, 0) is 74.7 Å². The topological polar surface area (TPSA) is 19.0 Å².